The molecule has 2 aliphatic carbocycles. The summed E-state index contributed by atoms with van der Waals surface area (Å²) in [6.45, 7) is 6.32. The minimum Gasteiger partial charge on any atom is -0.342 e. The van der Waals surface area contributed by atoms with Crippen molar-refractivity contribution in [3.8, 4) is 0 Å². The molecule has 0 unspecified atom stereocenters. The minimum atomic E-state index is 0. The molecule has 24 heavy (non-hydrogen) atoms. The molecular weight excluding hydrogens is 322 g/mol. The second-order valence-corrected chi connectivity index (χ2v) is 8.32. The molecule has 140 valence electrons. The number of likely N-dealkylation sites (tertiary alicyclic amines) is 1. The third kappa shape index (κ3) is 5.89. The highest BCUT2D eigenvalue weighted by Crippen LogP contribution is 2.28. The highest BCUT2D eigenvalue weighted by atomic mass is 35.5. The van der Waals surface area contributed by atoms with Gasteiger partial charge in [0.2, 0.25) is 5.91 Å². The number of likely N-dealkylation sites (N-methyl/N-ethyl adjacent to an activating group) is 1. The van der Waals surface area contributed by atoms with Crippen molar-refractivity contribution in [3.05, 3.63) is 0 Å². The Morgan fingerprint density at radius 2 is 1.67 bits per heavy atom. The fraction of sp³-hybridized carbons (Fsp3) is 0.947. The average molecular weight is 358 g/mol. The van der Waals surface area contributed by atoms with Crippen LogP contribution in [0.3, 0.4) is 0 Å². The second-order valence-electron chi connectivity index (χ2n) is 8.32. The third-order valence-electron chi connectivity index (χ3n) is 6.27. The van der Waals surface area contributed by atoms with Gasteiger partial charge in [-0.1, -0.05) is 6.92 Å². The lowest BCUT2D eigenvalue weighted by Crippen LogP contribution is -2.48. The van der Waals surface area contributed by atoms with Crippen LogP contribution in [-0.2, 0) is 4.79 Å². The number of hydrogen-bond acceptors (Lipinski definition) is 3. The molecular formula is C19H36ClN3O. The molecule has 1 saturated heterocycles. The zero-order valence-corrected chi connectivity index (χ0v) is 16.3. The number of carbonyl (C=O) groups is 1. The third-order valence-corrected chi connectivity index (χ3v) is 6.27. The van der Waals surface area contributed by atoms with Crippen LogP contribution in [0.1, 0.15) is 58.3 Å². The average Bonchev–Trinajstić information content (AvgIpc) is 3.38. The fourth-order valence-electron chi connectivity index (χ4n) is 4.09. The predicted molar refractivity (Wildman–Crippen MR) is 102 cm³/mol. The maximum atomic E-state index is 12.6. The first-order valence-electron chi connectivity index (χ1n) is 9.83. The van der Waals surface area contributed by atoms with Crippen LogP contribution >= 0.6 is 12.4 Å². The molecule has 0 aromatic heterocycles. The molecule has 3 fully saturated rings. The minimum absolute atomic E-state index is 0. The lowest BCUT2D eigenvalue weighted by Gasteiger charge is -2.36. The summed E-state index contributed by atoms with van der Waals surface area (Å²) < 4.78 is 0. The molecule has 2 saturated carbocycles. The number of amides is 1. The molecule has 1 N–H and O–H groups in total. The van der Waals surface area contributed by atoms with Crippen LogP contribution in [0, 0.1) is 11.8 Å². The van der Waals surface area contributed by atoms with Gasteiger partial charge in [-0.25, -0.2) is 0 Å². The van der Waals surface area contributed by atoms with Crippen LogP contribution in [0.25, 0.3) is 0 Å². The molecule has 0 bridgehead atoms. The molecule has 0 aromatic carbocycles. The van der Waals surface area contributed by atoms with Gasteiger partial charge in [0, 0.05) is 32.2 Å². The van der Waals surface area contributed by atoms with Crippen molar-refractivity contribution in [1.29, 1.82) is 0 Å². The SMILES string of the molecule is CC1CCC(N(C)C(=O)CN2CCC(NCC3CC3)CC2)CC1.Cl. The molecule has 0 radical (unpaired) electrons. The summed E-state index contributed by atoms with van der Waals surface area (Å²) in [6, 6.07) is 1.16. The predicted octanol–water partition coefficient (Wildman–Crippen LogP) is 2.91. The molecule has 0 aromatic rings. The van der Waals surface area contributed by atoms with E-state index in [1.165, 1.54) is 57.9 Å². The van der Waals surface area contributed by atoms with E-state index >= 15 is 0 Å². The van der Waals surface area contributed by atoms with Crippen LogP contribution in [0.5, 0.6) is 0 Å². The lowest BCUT2D eigenvalue weighted by atomic mass is 9.87. The van der Waals surface area contributed by atoms with Crippen LogP contribution in [-0.4, -0.2) is 61.0 Å². The Labute approximate surface area is 154 Å². The number of nitrogens with zero attached hydrogens (tertiary/aromatic N) is 2. The van der Waals surface area contributed by atoms with Gasteiger partial charge in [-0.15, -0.1) is 12.4 Å². The van der Waals surface area contributed by atoms with Crippen molar-refractivity contribution in [2.45, 2.75) is 70.4 Å². The van der Waals surface area contributed by atoms with Gasteiger partial charge in [-0.2, -0.15) is 0 Å². The van der Waals surface area contributed by atoms with Crippen molar-refractivity contribution in [2.75, 3.05) is 33.2 Å². The summed E-state index contributed by atoms with van der Waals surface area (Å²) in [4.78, 5) is 17.0. The molecule has 1 aliphatic heterocycles. The van der Waals surface area contributed by atoms with E-state index in [0.29, 0.717) is 24.5 Å². The number of carbonyl (C=O) groups excluding carboxylic acids is 1. The summed E-state index contributed by atoms with van der Waals surface area (Å²) in [6.07, 6.45) is 10.2. The smallest absolute Gasteiger partial charge is 0.236 e. The van der Waals surface area contributed by atoms with E-state index in [-0.39, 0.29) is 12.4 Å². The van der Waals surface area contributed by atoms with E-state index in [1.807, 2.05) is 11.9 Å². The van der Waals surface area contributed by atoms with Crippen molar-refractivity contribution < 1.29 is 4.79 Å². The van der Waals surface area contributed by atoms with Crippen molar-refractivity contribution >= 4 is 18.3 Å². The molecule has 3 aliphatic rings. The highest BCUT2D eigenvalue weighted by Gasteiger charge is 2.28. The Morgan fingerprint density at radius 1 is 1.04 bits per heavy atom. The molecule has 4 nitrogen and oxygen atoms in total. The van der Waals surface area contributed by atoms with Crippen LogP contribution in [0.15, 0.2) is 0 Å². The summed E-state index contributed by atoms with van der Waals surface area (Å²) >= 11 is 0. The van der Waals surface area contributed by atoms with E-state index in [9.17, 15) is 4.79 Å². The summed E-state index contributed by atoms with van der Waals surface area (Å²) in [7, 11) is 2.02. The fourth-order valence-corrected chi connectivity index (χ4v) is 4.09. The Hall–Kier alpha value is -0.320. The molecule has 1 heterocycles. The number of hydrogen-bond donors (Lipinski definition) is 1. The molecule has 3 rings (SSSR count). The van der Waals surface area contributed by atoms with E-state index in [4.69, 9.17) is 0 Å². The summed E-state index contributed by atoms with van der Waals surface area (Å²) in [5.41, 5.74) is 0. The van der Waals surface area contributed by atoms with Crippen LogP contribution in [0.2, 0.25) is 0 Å². The largest absolute Gasteiger partial charge is 0.342 e. The molecule has 0 spiro atoms. The summed E-state index contributed by atoms with van der Waals surface area (Å²) in [5.74, 6) is 2.13. The molecule has 0 atom stereocenters. The van der Waals surface area contributed by atoms with E-state index < -0.39 is 0 Å². The Balaban J connectivity index is 0.00000208. The van der Waals surface area contributed by atoms with E-state index in [2.05, 4.69) is 17.1 Å². The van der Waals surface area contributed by atoms with Gasteiger partial charge >= 0.3 is 0 Å². The van der Waals surface area contributed by atoms with Gasteiger partial charge in [0.05, 0.1) is 6.54 Å². The van der Waals surface area contributed by atoms with Crippen molar-refractivity contribution in [3.63, 3.8) is 0 Å². The zero-order valence-electron chi connectivity index (χ0n) is 15.5. The van der Waals surface area contributed by atoms with Gasteiger partial charge in [0.15, 0.2) is 0 Å². The second kappa shape index (κ2) is 9.40. The Kier molecular flexibility index (Phi) is 7.83. The lowest BCUT2D eigenvalue weighted by molar-refractivity contribution is -0.134. The number of piperidine rings is 1. The van der Waals surface area contributed by atoms with Crippen LogP contribution in [0.4, 0.5) is 0 Å². The quantitative estimate of drug-likeness (QED) is 0.793. The van der Waals surface area contributed by atoms with Gasteiger partial charge in [-0.3, -0.25) is 9.69 Å². The first-order valence-corrected chi connectivity index (χ1v) is 9.83. The van der Waals surface area contributed by atoms with Gasteiger partial charge in [0.25, 0.3) is 0 Å². The van der Waals surface area contributed by atoms with Gasteiger partial charge in [-0.05, 0) is 69.7 Å². The maximum absolute atomic E-state index is 12.6. The Bertz CT molecular complexity index is 386. The summed E-state index contributed by atoms with van der Waals surface area (Å²) in [5, 5.41) is 3.71. The topological polar surface area (TPSA) is 35.6 Å². The van der Waals surface area contributed by atoms with E-state index in [0.717, 1.165) is 24.9 Å². The maximum Gasteiger partial charge on any atom is 0.236 e. The first kappa shape index (κ1) is 20.0. The van der Waals surface area contributed by atoms with Gasteiger partial charge in [0.1, 0.15) is 0 Å². The number of nitrogens with one attached hydrogen (secondary N) is 1. The molecule has 5 heteroatoms. The number of halogens is 1. The standard InChI is InChI=1S/C19H35N3O.ClH/c1-15-3-7-18(8-4-15)21(2)19(23)14-22-11-9-17(10-12-22)20-13-16-5-6-16;/h15-18,20H,3-14H2,1-2H3;1H. The normalized spacial score (nSPS) is 29.1. The Morgan fingerprint density at radius 3 is 2.25 bits per heavy atom. The van der Waals surface area contributed by atoms with Crippen molar-refractivity contribution in [1.82, 2.24) is 15.1 Å². The zero-order chi connectivity index (χ0) is 16.2. The van der Waals surface area contributed by atoms with Crippen LogP contribution < -0.4 is 5.32 Å². The first-order chi connectivity index (χ1) is 11.1. The van der Waals surface area contributed by atoms with Crippen molar-refractivity contribution in [2.24, 2.45) is 11.8 Å². The highest BCUT2D eigenvalue weighted by molar-refractivity contribution is 5.85. The monoisotopic (exact) mass is 357 g/mol. The number of rotatable bonds is 6. The van der Waals surface area contributed by atoms with Gasteiger partial charge < -0.3 is 10.2 Å². The molecule has 1 amide bonds. The van der Waals surface area contributed by atoms with E-state index in [1.54, 1.807) is 0 Å².